The number of aryl methyl sites for hydroxylation is 1. The molecule has 0 fully saturated rings. The van der Waals surface area contributed by atoms with Crippen LogP contribution in [-0.4, -0.2) is 46.3 Å². The normalized spacial score (nSPS) is 14.9. The number of benzene rings is 2. The van der Waals surface area contributed by atoms with Gasteiger partial charge in [0.1, 0.15) is 11.8 Å². The van der Waals surface area contributed by atoms with Gasteiger partial charge in [0.05, 0.1) is 40.2 Å². The summed E-state index contributed by atoms with van der Waals surface area (Å²) in [4.78, 5) is 39.6. The Bertz CT molecular complexity index is 1590. The number of carbonyl (C=O) groups excluding carboxylic acids is 2. The van der Waals surface area contributed by atoms with Crippen LogP contribution in [0, 0.1) is 5.92 Å². The lowest BCUT2D eigenvalue weighted by Crippen LogP contribution is -2.44. The van der Waals surface area contributed by atoms with Crippen LogP contribution < -0.4 is 40.3 Å². The maximum Gasteiger partial charge on any atom is 0.243 e. The number of nitrogens with one attached hydrogen (secondary N) is 3. The first-order chi connectivity index (χ1) is 21.6. The van der Waals surface area contributed by atoms with Gasteiger partial charge in [0.15, 0.2) is 11.5 Å². The monoisotopic (exact) mass is 617 g/mol. The van der Waals surface area contributed by atoms with Crippen LogP contribution in [0.5, 0.6) is 23.0 Å². The Morgan fingerprint density at radius 2 is 1.64 bits per heavy atom. The fourth-order valence-electron chi connectivity index (χ4n) is 5.74. The summed E-state index contributed by atoms with van der Waals surface area (Å²) in [6, 6.07) is 13.4. The molecule has 45 heavy (non-hydrogen) atoms. The third-order valence-corrected chi connectivity index (χ3v) is 8.35. The van der Waals surface area contributed by atoms with E-state index < -0.39 is 12.1 Å². The molecule has 0 radical (unpaired) electrons. The summed E-state index contributed by atoms with van der Waals surface area (Å²) >= 11 is 0. The van der Waals surface area contributed by atoms with Crippen molar-refractivity contribution in [2.75, 3.05) is 33.8 Å². The summed E-state index contributed by atoms with van der Waals surface area (Å²) in [6.45, 7) is 5.77. The number of amides is 2. The molecule has 0 aromatic heterocycles. The van der Waals surface area contributed by atoms with E-state index in [-0.39, 0.29) is 28.8 Å². The van der Waals surface area contributed by atoms with Crippen LogP contribution in [-0.2, 0) is 22.6 Å². The molecule has 240 valence electrons. The number of carbonyl (C=O) groups is 2. The number of methoxy groups -OCH3 is 4. The average molecular weight is 618 g/mol. The smallest absolute Gasteiger partial charge is 0.243 e. The van der Waals surface area contributed by atoms with E-state index in [0.717, 1.165) is 22.4 Å². The van der Waals surface area contributed by atoms with Gasteiger partial charge in [0.25, 0.3) is 0 Å². The minimum atomic E-state index is -0.666. The van der Waals surface area contributed by atoms with Gasteiger partial charge in [0.2, 0.25) is 23.0 Å². The number of fused-ring (bicyclic) bond motifs is 3. The molecule has 4 rings (SSSR count). The molecule has 0 saturated carbocycles. The summed E-state index contributed by atoms with van der Waals surface area (Å²) in [7, 11) is 6.27. The molecule has 3 unspecified atom stereocenters. The van der Waals surface area contributed by atoms with Gasteiger partial charge in [-0.15, -0.1) is 0 Å². The first-order valence-corrected chi connectivity index (χ1v) is 15.1. The minimum absolute atomic E-state index is 0.0757. The highest BCUT2D eigenvalue weighted by Gasteiger charge is 2.30. The Kier molecular flexibility index (Phi) is 10.9. The Balaban J connectivity index is 1.78. The highest BCUT2D eigenvalue weighted by atomic mass is 16.5. The first-order valence-electron chi connectivity index (χ1n) is 15.1. The predicted molar refractivity (Wildman–Crippen MR) is 174 cm³/mol. The number of rotatable bonds is 12. The lowest BCUT2D eigenvalue weighted by atomic mass is 9.95. The van der Waals surface area contributed by atoms with Crippen molar-refractivity contribution in [2.24, 2.45) is 5.92 Å². The van der Waals surface area contributed by atoms with Crippen LogP contribution in [0.4, 0.5) is 5.69 Å². The van der Waals surface area contributed by atoms with Gasteiger partial charge in [-0.05, 0) is 71.3 Å². The largest absolute Gasteiger partial charge is 0.497 e. The van der Waals surface area contributed by atoms with E-state index in [1.165, 1.54) is 6.92 Å². The van der Waals surface area contributed by atoms with E-state index in [1.807, 2.05) is 50.2 Å². The molecule has 10 nitrogen and oxygen atoms in total. The molecule has 0 heterocycles. The van der Waals surface area contributed by atoms with Crippen molar-refractivity contribution >= 4 is 17.5 Å². The van der Waals surface area contributed by atoms with Gasteiger partial charge in [0, 0.05) is 19.0 Å². The topological polar surface area (TPSA) is 124 Å². The molecule has 3 N–H and O–H groups in total. The number of hydrogen-bond acceptors (Lipinski definition) is 8. The number of hydrogen-bond donors (Lipinski definition) is 3. The molecule has 10 heteroatoms. The second kappa shape index (κ2) is 14.8. The van der Waals surface area contributed by atoms with Crippen molar-refractivity contribution in [3.63, 3.8) is 0 Å². The lowest BCUT2D eigenvalue weighted by molar-refractivity contribution is -0.123. The van der Waals surface area contributed by atoms with Crippen LogP contribution in [0.15, 0.2) is 53.3 Å². The zero-order valence-corrected chi connectivity index (χ0v) is 27.0. The third kappa shape index (κ3) is 7.33. The van der Waals surface area contributed by atoms with Crippen LogP contribution >= 0.6 is 0 Å². The molecule has 0 aliphatic heterocycles. The molecular weight excluding hydrogens is 574 g/mol. The van der Waals surface area contributed by atoms with Gasteiger partial charge in [-0.1, -0.05) is 38.5 Å². The maximum absolute atomic E-state index is 13.8. The Hall–Kier alpha value is -4.73. The Labute approximate surface area is 264 Å². The molecule has 3 atom stereocenters. The average Bonchev–Trinajstić information content (AvgIpc) is 3.29. The molecule has 0 spiro atoms. The van der Waals surface area contributed by atoms with E-state index in [1.54, 1.807) is 40.6 Å². The van der Waals surface area contributed by atoms with Crippen molar-refractivity contribution in [3.05, 3.63) is 75.4 Å². The molecule has 3 aromatic rings. The standard InChI is InChI=1S/C35H43N3O7/c1-8-20(2)32(35(41)36-19-22-9-12-24(42-4)13-10-22)38-28-16-14-25-26(18-29(28)40)27(37-21(3)39)15-11-23-17-30(43-5)33(44-6)34(45-7)31(23)25/h9-10,12-14,16-18,20,27,32H,8,11,15,19H2,1-7H3,(H,36,41)(H,37,39)(H,38,40). The van der Waals surface area contributed by atoms with E-state index in [0.29, 0.717) is 54.2 Å². The van der Waals surface area contributed by atoms with Crippen molar-refractivity contribution in [1.82, 2.24) is 10.6 Å². The molecule has 0 saturated heterocycles. The highest BCUT2D eigenvalue weighted by molar-refractivity contribution is 5.86. The van der Waals surface area contributed by atoms with E-state index in [9.17, 15) is 14.4 Å². The zero-order valence-electron chi connectivity index (χ0n) is 27.0. The van der Waals surface area contributed by atoms with Gasteiger partial charge >= 0.3 is 0 Å². The molecular formula is C35H43N3O7. The van der Waals surface area contributed by atoms with E-state index in [2.05, 4.69) is 16.0 Å². The second-order valence-electron chi connectivity index (χ2n) is 11.2. The van der Waals surface area contributed by atoms with Gasteiger partial charge < -0.3 is 34.9 Å². The molecule has 3 aromatic carbocycles. The lowest BCUT2D eigenvalue weighted by Gasteiger charge is -2.24. The molecule has 1 aliphatic carbocycles. The van der Waals surface area contributed by atoms with Crippen molar-refractivity contribution in [3.8, 4) is 34.1 Å². The van der Waals surface area contributed by atoms with Gasteiger partial charge in [-0.25, -0.2) is 0 Å². The van der Waals surface area contributed by atoms with Crippen LogP contribution in [0.25, 0.3) is 11.1 Å². The third-order valence-electron chi connectivity index (χ3n) is 8.35. The van der Waals surface area contributed by atoms with Crippen molar-refractivity contribution in [2.45, 2.75) is 58.7 Å². The predicted octanol–water partition coefficient (Wildman–Crippen LogP) is 5.01. The molecule has 2 amide bonds. The zero-order chi connectivity index (χ0) is 32.7. The van der Waals surface area contributed by atoms with Crippen molar-refractivity contribution < 1.29 is 28.5 Å². The van der Waals surface area contributed by atoms with Gasteiger partial charge in [-0.3, -0.25) is 14.4 Å². The van der Waals surface area contributed by atoms with E-state index >= 15 is 0 Å². The summed E-state index contributed by atoms with van der Waals surface area (Å²) in [5.41, 5.74) is 3.96. The number of anilines is 1. The Morgan fingerprint density at radius 1 is 0.933 bits per heavy atom. The van der Waals surface area contributed by atoms with Crippen LogP contribution in [0.2, 0.25) is 0 Å². The first kappa shape index (κ1) is 33.2. The SMILES string of the molecule is CCC(C)C(Nc1ccc2c(cc1=O)C(NC(C)=O)CCc1cc(OC)c(OC)c(OC)c1-2)C(=O)NCc1ccc(OC)cc1. The van der Waals surface area contributed by atoms with Gasteiger partial charge in [-0.2, -0.15) is 0 Å². The fraction of sp³-hybridized carbons (Fsp3) is 0.400. The highest BCUT2D eigenvalue weighted by Crippen LogP contribution is 2.50. The minimum Gasteiger partial charge on any atom is -0.497 e. The summed E-state index contributed by atoms with van der Waals surface area (Å²) in [6.07, 6.45) is 1.86. The summed E-state index contributed by atoms with van der Waals surface area (Å²) < 4.78 is 22.4. The second-order valence-corrected chi connectivity index (χ2v) is 11.2. The Morgan fingerprint density at radius 3 is 2.24 bits per heavy atom. The van der Waals surface area contributed by atoms with Crippen LogP contribution in [0.1, 0.15) is 56.3 Å². The van der Waals surface area contributed by atoms with Crippen molar-refractivity contribution in [1.29, 1.82) is 0 Å². The summed E-state index contributed by atoms with van der Waals surface area (Å²) in [5.74, 6) is 1.67. The fourth-order valence-corrected chi connectivity index (χ4v) is 5.74. The molecule has 1 aliphatic rings. The summed E-state index contributed by atoms with van der Waals surface area (Å²) in [5, 5.41) is 9.28. The van der Waals surface area contributed by atoms with Crippen LogP contribution in [0.3, 0.4) is 0 Å². The number of ether oxygens (including phenoxy) is 4. The maximum atomic E-state index is 13.8. The van der Waals surface area contributed by atoms with E-state index in [4.69, 9.17) is 18.9 Å². The molecule has 0 bridgehead atoms. The quantitative estimate of drug-likeness (QED) is 0.259.